The van der Waals surface area contributed by atoms with Crippen LogP contribution in [0.1, 0.15) is 36.3 Å². The van der Waals surface area contributed by atoms with Crippen LogP contribution in [0.15, 0.2) is 6.20 Å². The molecule has 2 heterocycles. The number of halogens is 3. The van der Waals surface area contributed by atoms with Gasteiger partial charge in [-0.05, 0) is 45.2 Å². The van der Waals surface area contributed by atoms with E-state index in [1.54, 1.807) is 6.92 Å². The fourth-order valence-corrected chi connectivity index (χ4v) is 2.79. The van der Waals surface area contributed by atoms with E-state index in [0.29, 0.717) is 24.7 Å². The van der Waals surface area contributed by atoms with Crippen molar-refractivity contribution in [3.63, 3.8) is 0 Å². The van der Waals surface area contributed by atoms with Gasteiger partial charge in [0.1, 0.15) is 0 Å². The second-order valence-electron chi connectivity index (χ2n) is 5.62. The van der Waals surface area contributed by atoms with Crippen molar-refractivity contribution in [3.8, 4) is 0 Å². The van der Waals surface area contributed by atoms with Crippen molar-refractivity contribution in [2.24, 2.45) is 11.7 Å². The second kappa shape index (κ2) is 6.70. The largest absolute Gasteiger partial charge is 0.451 e. The highest BCUT2D eigenvalue weighted by atomic mass is 19.4. The molecule has 4 nitrogen and oxygen atoms in total. The monoisotopic (exact) mass is 302 g/mol. The molecule has 0 amide bonds. The van der Waals surface area contributed by atoms with Crippen LogP contribution >= 0.6 is 0 Å². The summed E-state index contributed by atoms with van der Waals surface area (Å²) in [6.07, 6.45) is 0.0960. The van der Waals surface area contributed by atoms with Crippen LogP contribution in [0.5, 0.6) is 0 Å². The van der Waals surface area contributed by atoms with Crippen molar-refractivity contribution in [2.75, 3.05) is 19.6 Å². The summed E-state index contributed by atoms with van der Waals surface area (Å²) >= 11 is 0. The summed E-state index contributed by atoms with van der Waals surface area (Å²) in [7, 11) is 0. The van der Waals surface area contributed by atoms with Crippen LogP contribution in [0.3, 0.4) is 0 Å². The summed E-state index contributed by atoms with van der Waals surface area (Å²) in [5.74, 6) is -0.483. The first kappa shape index (κ1) is 16.2. The third kappa shape index (κ3) is 4.38. The predicted octanol–water partition coefficient (Wildman–Crippen LogP) is 2.36. The van der Waals surface area contributed by atoms with E-state index in [9.17, 15) is 13.2 Å². The van der Waals surface area contributed by atoms with E-state index >= 15 is 0 Å². The first-order chi connectivity index (χ1) is 9.90. The molecule has 1 saturated heterocycles. The summed E-state index contributed by atoms with van der Waals surface area (Å²) in [4.78, 5) is 9.28. The number of hydrogen-bond acceptors (Lipinski definition) is 4. The fraction of sp³-hybridized carbons (Fsp3) is 0.714. The highest BCUT2D eigenvalue weighted by Crippen LogP contribution is 2.27. The number of piperidine rings is 1. The minimum Gasteiger partial charge on any atom is -0.330 e. The third-order valence-corrected chi connectivity index (χ3v) is 3.91. The van der Waals surface area contributed by atoms with Gasteiger partial charge in [0.25, 0.3) is 0 Å². The summed E-state index contributed by atoms with van der Waals surface area (Å²) < 4.78 is 37.6. The number of aromatic nitrogens is 2. The highest BCUT2D eigenvalue weighted by molar-refractivity contribution is 5.17. The lowest BCUT2D eigenvalue weighted by molar-refractivity contribution is -0.145. The molecule has 0 bridgehead atoms. The molecule has 0 aromatic carbocycles. The van der Waals surface area contributed by atoms with Gasteiger partial charge in [-0.1, -0.05) is 0 Å². The molecule has 1 atom stereocenters. The van der Waals surface area contributed by atoms with Crippen molar-refractivity contribution in [1.82, 2.24) is 14.9 Å². The number of nitrogens with two attached hydrogens (primary N) is 1. The standard InChI is InChI=1S/C14H21F3N4/c1-10-12(7-19-13(20-10)14(15,16)17)9-21-6-2-3-11(8-21)4-5-18/h7,11H,2-6,8-9,18H2,1H3/t11-/m0/s1. The Labute approximate surface area is 122 Å². The number of alkyl halides is 3. The van der Waals surface area contributed by atoms with Gasteiger partial charge < -0.3 is 5.73 Å². The summed E-state index contributed by atoms with van der Waals surface area (Å²) in [5.41, 5.74) is 6.76. The van der Waals surface area contributed by atoms with Crippen LogP contribution in [0, 0.1) is 12.8 Å². The Morgan fingerprint density at radius 1 is 1.43 bits per heavy atom. The first-order valence-corrected chi connectivity index (χ1v) is 7.22. The van der Waals surface area contributed by atoms with Gasteiger partial charge in [-0.25, -0.2) is 9.97 Å². The third-order valence-electron chi connectivity index (χ3n) is 3.91. The molecule has 1 fully saturated rings. The lowest BCUT2D eigenvalue weighted by Gasteiger charge is -2.32. The average Bonchev–Trinajstić information content (AvgIpc) is 2.41. The predicted molar refractivity (Wildman–Crippen MR) is 73.4 cm³/mol. The topological polar surface area (TPSA) is 55.0 Å². The van der Waals surface area contributed by atoms with E-state index < -0.39 is 12.0 Å². The Bertz CT molecular complexity index is 474. The molecule has 1 aromatic heterocycles. The first-order valence-electron chi connectivity index (χ1n) is 7.22. The maximum Gasteiger partial charge on any atom is 0.451 e. The van der Waals surface area contributed by atoms with Crippen LogP contribution in [0.4, 0.5) is 13.2 Å². The smallest absolute Gasteiger partial charge is 0.330 e. The van der Waals surface area contributed by atoms with E-state index in [-0.39, 0.29) is 0 Å². The Balaban J connectivity index is 2.02. The Morgan fingerprint density at radius 3 is 2.81 bits per heavy atom. The van der Waals surface area contributed by atoms with Crippen LogP contribution < -0.4 is 5.73 Å². The molecule has 0 saturated carbocycles. The maximum absolute atomic E-state index is 12.5. The molecule has 7 heteroatoms. The minimum absolute atomic E-state index is 0.401. The quantitative estimate of drug-likeness (QED) is 0.927. The molecule has 2 N–H and O–H groups in total. The van der Waals surface area contributed by atoms with Crippen molar-refractivity contribution >= 4 is 0 Å². The number of aryl methyl sites for hydroxylation is 1. The van der Waals surface area contributed by atoms with E-state index in [2.05, 4.69) is 14.9 Å². The van der Waals surface area contributed by atoms with E-state index in [0.717, 1.165) is 31.5 Å². The summed E-state index contributed by atoms with van der Waals surface area (Å²) in [6, 6.07) is 0. The number of rotatable bonds is 4. The molecule has 1 aliphatic heterocycles. The van der Waals surface area contributed by atoms with E-state index in [1.807, 2.05) is 0 Å². The van der Waals surface area contributed by atoms with Gasteiger partial charge >= 0.3 is 6.18 Å². The molecule has 118 valence electrons. The Hall–Kier alpha value is -1.21. The zero-order chi connectivity index (χ0) is 15.5. The molecule has 21 heavy (non-hydrogen) atoms. The number of hydrogen-bond donors (Lipinski definition) is 1. The van der Waals surface area contributed by atoms with Crippen molar-refractivity contribution in [3.05, 3.63) is 23.3 Å². The lowest BCUT2D eigenvalue weighted by Crippen LogP contribution is -2.36. The Morgan fingerprint density at radius 2 is 2.19 bits per heavy atom. The van der Waals surface area contributed by atoms with Gasteiger partial charge in [0, 0.05) is 30.5 Å². The Kier molecular flexibility index (Phi) is 5.16. The van der Waals surface area contributed by atoms with Gasteiger partial charge in [0.2, 0.25) is 5.82 Å². The molecule has 2 rings (SSSR count). The SMILES string of the molecule is Cc1nc(C(F)(F)F)ncc1CN1CCC[C@@H](CCN)C1. The van der Waals surface area contributed by atoms with E-state index in [1.165, 1.54) is 12.6 Å². The maximum atomic E-state index is 12.5. The van der Waals surface area contributed by atoms with Crippen LogP contribution in [0.25, 0.3) is 0 Å². The zero-order valence-electron chi connectivity index (χ0n) is 12.2. The molecule has 0 aliphatic carbocycles. The normalized spacial score (nSPS) is 20.7. The highest BCUT2D eigenvalue weighted by Gasteiger charge is 2.35. The molecule has 0 unspecified atom stereocenters. The molecule has 1 aliphatic rings. The molecular weight excluding hydrogens is 281 g/mol. The second-order valence-corrected chi connectivity index (χ2v) is 5.62. The number of nitrogens with zero attached hydrogens (tertiary/aromatic N) is 3. The van der Waals surface area contributed by atoms with Gasteiger partial charge in [-0.15, -0.1) is 0 Å². The molecule has 0 spiro atoms. The summed E-state index contributed by atoms with van der Waals surface area (Å²) in [6.45, 7) is 4.79. The van der Waals surface area contributed by atoms with Crippen LogP contribution in [0.2, 0.25) is 0 Å². The fourth-order valence-electron chi connectivity index (χ4n) is 2.79. The van der Waals surface area contributed by atoms with Gasteiger partial charge in [-0.3, -0.25) is 4.90 Å². The van der Waals surface area contributed by atoms with Gasteiger partial charge in [0.05, 0.1) is 0 Å². The van der Waals surface area contributed by atoms with Crippen molar-refractivity contribution < 1.29 is 13.2 Å². The summed E-state index contributed by atoms with van der Waals surface area (Å²) in [5, 5.41) is 0. The molecule has 1 aromatic rings. The van der Waals surface area contributed by atoms with Crippen LogP contribution in [-0.4, -0.2) is 34.5 Å². The minimum atomic E-state index is -4.49. The van der Waals surface area contributed by atoms with Gasteiger partial charge in [0.15, 0.2) is 0 Å². The lowest BCUT2D eigenvalue weighted by atomic mass is 9.94. The zero-order valence-corrected chi connectivity index (χ0v) is 12.2. The van der Waals surface area contributed by atoms with Crippen LogP contribution in [-0.2, 0) is 12.7 Å². The van der Waals surface area contributed by atoms with Crippen molar-refractivity contribution in [2.45, 2.75) is 38.9 Å². The molecule has 0 radical (unpaired) electrons. The average molecular weight is 302 g/mol. The number of likely N-dealkylation sites (tertiary alicyclic amines) is 1. The van der Waals surface area contributed by atoms with Gasteiger partial charge in [-0.2, -0.15) is 13.2 Å². The van der Waals surface area contributed by atoms with E-state index in [4.69, 9.17) is 5.73 Å². The van der Waals surface area contributed by atoms with Crippen molar-refractivity contribution in [1.29, 1.82) is 0 Å². The molecular formula is C14H21F3N4.